The van der Waals surface area contributed by atoms with Gasteiger partial charge in [0.2, 0.25) is 0 Å². The molecule has 4 nitrogen and oxygen atoms in total. The number of hydrogen-bond acceptors (Lipinski definition) is 3. The number of hydrogen-bond donors (Lipinski definition) is 1. The molecule has 0 aromatic heterocycles. The minimum absolute atomic E-state index is 0.139. The molecule has 0 unspecified atom stereocenters. The van der Waals surface area contributed by atoms with Crippen molar-refractivity contribution in [1.82, 2.24) is 0 Å². The number of ether oxygens (including phenoxy) is 2. The molecule has 0 aliphatic carbocycles. The molecule has 1 N–H and O–H groups in total. The summed E-state index contributed by atoms with van der Waals surface area (Å²) in [5, 5.41) is 9.20. The van der Waals surface area contributed by atoms with Crippen LogP contribution in [0, 0.1) is 0 Å². The van der Waals surface area contributed by atoms with E-state index in [0.717, 1.165) is 12.2 Å². The van der Waals surface area contributed by atoms with Gasteiger partial charge in [-0.2, -0.15) is 0 Å². The summed E-state index contributed by atoms with van der Waals surface area (Å²) in [6.45, 7) is 2.88. The number of carbonyl (C=O) groups is 1. The first kappa shape index (κ1) is 17.9. The number of aromatic carboxylic acids is 1. The summed E-state index contributed by atoms with van der Waals surface area (Å²) in [6.07, 6.45) is 5.96. The molecule has 2 aromatic carbocycles. The van der Waals surface area contributed by atoms with Crippen molar-refractivity contribution in [3.63, 3.8) is 0 Å². The average molecular weight is 328 g/mol. The van der Waals surface area contributed by atoms with Crippen LogP contribution in [0.15, 0.2) is 48.5 Å². The van der Waals surface area contributed by atoms with Crippen LogP contribution in [-0.2, 0) is 0 Å². The minimum atomic E-state index is -1.01. The van der Waals surface area contributed by atoms with E-state index in [1.165, 1.54) is 31.7 Å². The maximum atomic E-state index is 11.2. The number of para-hydroxylation sites is 1. The summed E-state index contributed by atoms with van der Waals surface area (Å²) in [7, 11) is 0. The molecule has 24 heavy (non-hydrogen) atoms. The summed E-state index contributed by atoms with van der Waals surface area (Å²) < 4.78 is 11.5. The fourth-order valence-electron chi connectivity index (χ4n) is 2.38. The molecule has 0 saturated carbocycles. The van der Waals surface area contributed by atoms with Crippen molar-refractivity contribution in [3.8, 4) is 17.2 Å². The molecule has 0 fully saturated rings. The Morgan fingerprint density at radius 1 is 0.958 bits per heavy atom. The van der Waals surface area contributed by atoms with E-state index in [4.69, 9.17) is 9.47 Å². The highest BCUT2D eigenvalue weighted by Gasteiger charge is 2.11. The monoisotopic (exact) mass is 328 g/mol. The first-order valence-corrected chi connectivity index (χ1v) is 8.43. The van der Waals surface area contributed by atoms with Gasteiger partial charge in [0.25, 0.3) is 0 Å². The normalized spacial score (nSPS) is 10.4. The molecule has 2 aromatic rings. The number of benzene rings is 2. The Kier molecular flexibility index (Phi) is 7.15. The van der Waals surface area contributed by atoms with Gasteiger partial charge in [-0.3, -0.25) is 0 Å². The van der Waals surface area contributed by atoms with Crippen LogP contribution in [0.4, 0.5) is 0 Å². The molecule has 128 valence electrons. The highest BCUT2D eigenvalue weighted by Crippen LogP contribution is 2.28. The van der Waals surface area contributed by atoms with Gasteiger partial charge in [0.1, 0.15) is 22.8 Å². The van der Waals surface area contributed by atoms with E-state index in [0.29, 0.717) is 18.1 Å². The standard InChI is InChI=1S/C20H24O4/c1-2-3-4-5-8-14-23-16-10-9-11-17(15-16)24-19-13-7-6-12-18(19)20(21)22/h6-7,9-13,15H,2-5,8,14H2,1H3,(H,21,22). The van der Waals surface area contributed by atoms with Crippen LogP contribution in [0.3, 0.4) is 0 Å². The Labute approximate surface area is 143 Å². The van der Waals surface area contributed by atoms with E-state index in [2.05, 4.69) is 6.92 Å². The third-order valence-electron chi connectivity index (χ3n) is 3.67. The molecule has 0 spiro atoms. The van der Waals surface area contributed by atoms with Crippen LogP contribution in [0.2, 0.25) is 0 Å². The van der Waals surface area contributed by atoms with Crippen LogP contribution < -0.4 is 9.47 Å². The summed E-state index contributed by atoms with van der Waals surface area (Å²) in [5.41, 5.74) is 0.139. The smallest absolute Gasteiger partial charge is 0.339 e. The maximum absolute atomic E-state index is 11.2. The van der Waals surface area contributed by atoms with Crippen LogP contribution >= 0.6 is 0 Å². The zero-order chi connectivity index (χ0) is 17.2. The topological polar surface area (TPSA) is 55.8 Å². The number of unbranched alkanes of at least 4 members (excludes halogenated alkanes) is 4. The highest BCUT2D eigenvalue weighted by molar-refractivity contribution is 5.90. The van der Waals surface area contributed by atoms with Gasteiger partial charge in [-0.15, -0.1) is 0 Å². The van der Waals surface area contributed by atoms with Crippen molar-refractivity contribution in [2.24, 2.45) is 0 Å². The summed E-state index contributed by atoms with van der Waals surface area (Å²) >= 11 is 0. The lowest BCUT2D eigenvalue weighted by atomic mass is 10.2. The van der Waals surface area contributed by atoms with E-state index in [-0.39, 0.29) is 5.56 Å². The third-order valence-corrected chi connectivity index (χ3v) is 3.67. The minimum Gasteiger partial charge on any atom is -0.493 e. The van der Waals surface area contributed by atoms with Gasteiger partial charge >= 0.3 is 5.97 Å². The molecule has 0 aliphatic heterocycles. The van der Waals surface area contributed by atoms with E-state index < -0.39 is 5.97 Å². The fraction of sp³-hybridized carbons (Fsp3) is 0.350. The van der Waals surface area contributed by atoms with Crippen molar-refractivity contribution in [2.45, 2.75) is 39.0 Å². The second-order valence-electron chi connectivity index (χ2n) is 5.64. The molecule has 2 rings (SSSR count). The Bertz CT molecular complexity index is 652. The van der Waals surface area contributed by atoms with Crippen molar-refractivity contribution in [1.29, 1.82) is 0 Å². The Morgan fingerprint density at radius 3 is 2.50 bits per heavy atom. The maximum Gasteiger partial charge on any atom is 0.339 e. The van der Waals surface area contributed by atoms with E-state index in [1.54, 1.807) is 30.3 Å². The molecule has 0 bridgehead atoms. The van der Waals surface area contributed by atoms with Gasteiger partial charge in [-0.25, -0.2) is 4.79 Å². The van der Waals surface area contributed by atoms with Crippen LogP contribution in [-0.4, -0.2) is 17.7 Å². The quantitative estimate of drug-likeness (QED) is 0.583. The molecule has 0 aliphatic rings. The van der Waals surface area contributed by atoms with Gasteiger partial charge in [0.05, 0.1) is 6.61 Å². The largest absolute Gasteiger partial charge is 0.493 e. The van der Waals surface area contributed by atoms with Gasteiger partial charge in [-0.05, 0) is 30.7 Å². The number of carboxylic acids is 1. The second kappa shape index (κ2) is 9.60. The predicted molar refractivity (Wildman–Crippen MR) is 94.2 cm³/mol. The Hall–Kier alpha value is -2.49. The van der Waals surface area contributed by atoms with Crippen LogP contribution in [0.5, 0.6) is 17.2 Å². The molecule has 0 radical (unpaired) electrons. The molecule has 0 atom stereocenters. The fourth-order valence-corrected chi connectivity index (χ4v) is 2.38. The lowest BCUT2D eigenvalue weighted by Crippen LogP contribution is -2.00. The number of carboxylic acid groups (broad SMARTS) is 1. The zero-order valence-corrected chi connectivity index (χ0v) is 14.0. The van der Waals surface area contributed by atoms with Gasteiger partial charge in [0, 0.05) is 6.07 Å². The molecular formula is C20H24O4. The summed E-state index contributed by atoms with van der Waals surface area (Å²) in [6, 6.07) is 13.9. The lowest BCUT2D eigenvalue weighted by molar-refractivity contribution is 0.0694. The SMILES string of the molecule is CCCCCCCOc1cccc(Oc2ccccc2C(=O)O)c1. The molecule has 0 heterocycles. The van der Waals surface area contributed by atoms with Crippen LogP contribution in [0.1, 0.15) is 49.4 Å². The average Bonchev–Trinajstić information content (AvgIpc) is 2.59. The summed E-state index contributed by atoms with van der Waals surface area (Å²) in [4.78, 5) is 11.2. The number of rotatable bonds is 10. The Morgan fingerprint density at radius 2 is 1.71 bits per heavy atom. The molecule has 0 saturated heterocycles. The molecular weight excluding hydrogens is 304 g/mol. The predicted octanol–water partition coefficient (Wildman–Crippen LogP) is 5.53. The molecule has 0 amide bonds. The first-order chi connectivity index (χ1) is 11.7. The Balaban J connectivity index is 1.92. The van der Waals surface area contributed by atoms with E-state index >= 15 is 0 Å². The van der Waals surface area contributed by atoms with Gasteiger partial charge < -0.3 is 14.6 Å². The first-order valence-electron chi connectivity index (χ1n) is 8.43. The second-order valence-corrected chi connectivity index (χ2v) is 5.64. The molecule has 4 heteroatoms. The highest BCUT2D eigenvalue weighted by atomic mass is 16.5. The van der Waals surface area contributed by atoms with Crippen molar-refractivity contribution in [3.05, 3.63) is 54.1 Å². The third kappa shape index (κ3) is 5.61. The van der Waals surface area contributed by atoms with Crippen molar-refractivity contribution < 1.29 is 19.4 Å². The zero-order valence-electron chi connectivity index (χ0n) is 14.0. The van der Waals surface area contributed by atoms with Crippen molar-refractivity contribution >= 4 is 5.97 Å². The van der Waals surface area contributed by atoms with E-state index in [9.17, 15) is 9.90 Å². The van der Waals surface area contributed by atoms with Gasteiger partial charge in [-0.1, -0.05) is 50.8 Å². The van der Waals surface area contributed by atoms with Crippen molar-refractivity contribution in [2.75, 3.05) is 6.61 Å². The van der Waals surface area contributed by atoms with E-state index in [1.807, 2.05) is 12.1 Å². The lowest BCUT2D eigenvalue weighted by Gasteiger charge is -2.11. The van der Waals surface area contributed by atoms with Crippen LogP contribution in [0.25, 0.3) is 0 Å². The van der Waals surface area contributed by atoms with Gasteiger partial charge in [0.15, 0.2) is 0 Å². The summed E-state index contributed by atoms with van der Waals surface area (Å²) in [5.74, 6) is 0.606.